The summed E-state index contributed by atoms with van der Waals surface area (Å²) in [7, 11) is 1.68. The fraction of sp³-hybridized carbons (Fsp3) is 0.750. The molecule has 17 heavy (non-hydrogen) atoms. The van der Waals surface area contributed by atoms with Crippen LogP contribution in [0.5, 0.6) is 5.75 Å². The molecule has 1 fully saturated rings. The largest absolute Gasteiger partial charge is 0.493 e. The van der Waals surface area contributed by atoms with Gasteiger partial charge in [-0.05, 0) is 26.2 Å². The van der Waals surface area contributed by atoms with Crippen molar-refractivity contribution < 1.29 is 4.74 Å². The van der Waals surface area contributed by atoms with Gasteiger partial charge in [-0.2, -0.15) is 5.10 Å². The molecule has 0 aliphatic heterocycles. The van der Waals surface area contributed by atoms with Crippen molar-refractivity contribution in [3.63, 3.8) is 0 Å². The van der Waals surface area contributed by atoms with Crippen molar-refractivity contribution in [3.8, 4) is 5.75 Å². The maximum atomic E-state index is 5.69. The lowest BCUT2D eigenvalue weighted by Gasteiger charge is -2.20. The molecule has 3 N–H and O–H groups in total. The van der Waals surface area contributed by atoms with Gasteiger partial charge in [0.1, 0.15) is 0 Å². The van der Waals surface area contributed by atoms with Crippen molar-refractivity contribution in [2.45, 2.75) is 45.2 Å². The summed E-state index contributed by atoms with van der Waals surface area (Å²) in [6.45, 7) is 4.22. The van der Waals surface area contributed by atoms with Crippen LogP contribution in [0.25, 0.3) is 0 Å². The Labute approximate surface area is 102 Å². The van der Waals surface area contributed by atoms with E-state index in [1.165, 1.54) is 12.8 Å². The first-order valence-corrected chi connectivity index (χ1v) is 6.24. The molecule has 1 aromatic heterocycles. The summed E-state index contributed by atoms with van der Waals surface area (Å²) in [6, 6.07) is 0.436. The van der Waals surface area contributed by atoms with Gasteiger partial charge in [0.25, 0.3) is 0 Å². The van der Waals surface area contributed by atoms with Crippen molar-refractivity contribution in [3.05, 3.63) is 11.9 Å². The minimum Gasteiger partial charge on any atom is -0.493 e. The maximum absolute atomic E-state index is 5.69. The second-order valence-electron chi connectivity index (χ2n) is 5.03. The number of nitrogens with two attached hydrogens (primary N) is 1. The first-order valence-electron chi connectivity index (χ1n) is 6.24. The highest BCUT2D eigenvalue weighted by atomic mass is 16.5. The Morgan fingerprint density at radius 3 is 2.76 bits per heavy atom. The fourth-order valence-electron chi connectivity index (χ4n) is 2.20. The van der Waals surface area contributed by atoms with Gasteiger partial charge < -0.3 is 4.74 Å². The number of hydrogen-bond donors (Lipinski definition) is 2. The molecule has 0 spiro atoms. The van der Waals surface area contributed by atoms with E-state index < -0.39 is 0 Å². The third-order valence-corrected chi connectivity index (χ3v) is 3.30. The van der Waals surface area contributed by atoms with Gasteiger partial charge in [0.05, 0.1) is 25.0 Å². The highest BCUT2D eigenvalue weighted by molar-refractivity contribution is 5.29. The van der Waals surface area contributed by atoms with E-state index in [0.717, 1.165) is 23.8 Å². The van der Waals surface area contributed by atoms with Gasteiger partial charge in [-0.1, -0.05) is 12.8 Å². The molecule has 1 aliphatic rings. The number of nitrogens with zero attached hydrogens (tertiary/aromatic N) is 2. The lowest BCUT2D eigenvalue weighted by molar-refractivity contribution is 0.373. The first-order chi connectivity index (χ1) is 8.17. The molecule has 1 aromatic rings. The van der Waals surface area contributed by atoms with E-state index in [9.17, 15) is 0 Å². The highest BCUT2D eigenvalue weighted by Crippen LogP contribution is 2.39. The molecule has 0 radical (unpaired) electrons. The van der Waals surface area contributed by atoms with Crippen LogP contribution in [0.4, 0.5) is 0 Å². The molecule has 0 amide bonds. The Bertz CT molecular complexity index is 371. The van der Waals surface area contributed by atoms with Crippen LogP contribution in [-0.2, 0) is 0 Å². The monoisotopic (exact) mass is 238 g/mol. The van der Waals surface area contributed by atoms with Crippen LogP contribution in [0.1, 0.15) is 50.9 Å². The minimum absolute atomic E-state index is 0.127. The summed E-state index contributed by atoms with van der Waals surface area (Å²) in [5.41, 5.74) is 3.97. The minimum atomic E-state index is 0.127. The van der Waals surface area contributed by atoms with Gasteiger partial charge in [-0.25, -0.2) is 0 Å². The average Bonchev–Trinajstić information content (AvgIpc) is 3.02. The Morgan fingerprint density at radius 1 is 1.59 bits per heavy atom. The van der Waals surface area contributed by atoms with E-state index in [2.05, 4.69) is 24.4 Å². The normalized spacial score (nSPS) is 17.5. The number of methoxy groups -OCH3 is 1. The average molecular weight is 238 g/mol. The Morgan fingerprint density at radius 2 is 2.29 bits per heavy atom. The van der Waals surface area contributed by atoms with E-state index in [1.54, 1.807) is 13.3 Å². The van der Waals surface area contributed by atoms with E-state index in [-0.39, 0.29) is 6.04 Å². The van der Waals surface area contributed by atoms with E-state index in [4.69, 9.17) is 10.6 Å². The first kappa shape index (κ1) is 12.4. The Balaban J connectivity index is 2.27. The summed E-state index contributed by atoms with van der Waals surface area (Å²) >= 11 is 0. The van der Waals surface area contributed by atoms with Crippen LogP contribution < -0.4 is 16.0 Å². The van der Waals surface area contributed by atoms with Gasteiger partial charge in [-0.15, -0.1) is 0 Å². The Kier molecular flexibility index (Phi) is 3.69. The molecule has 0 bridgehead atoms. The number of nitrogens with one attached hydrogen (secondary N) is 1. The van der Waals surface area contributed by atoms with Crippen molar-refractivity contribution in [1.82, 2.24) is 15.2 Å². The molecule has 1 heterocycles. The molecule has 1 atom stereocenters. The smallest absolute Gasteiger partial charge is 0.161 e. The van der Waals surface area contributed by atoms with Gasteiger partial charge in [0.2, 0.25) is 0 Å². The molecule has 1 saturated carbocycles. The van der Waals surface area contributed by atoms with E-state index in [0.29, 0.717) is 6.04 Å². The number of rotatable bonds is 6. The lowest BCUT2D eigenvalue weighted by atomic mass is 10.1. The van der Waals surface area contributed by atoms with Crippen molar-refractivity contribution in [2.75, 3.05) is 7.11 Å². The molecular weight excluding hydrogens is 216 g/mol. The van der Waals surface area contributed by atoms with Gasteiger partial charge >= 0.3 is 0 Å². The van der Waals surface area contributed by atoms with Crippen molar-refractivity contribution in [2.24, 2.45) is 11.8 Å². The second kappa shape index (κ2) is 5.06. The second-order valence-corrected chi connectivity index (χ2v) is 5.03. The molecule has 5 nitrogen and oxygen atoms in total. The molecule has 1 aliphatic carbocycles. The zero-order valence-corrected chi connectivity index (χ0v) is 10.8. The summed E-state index contributed by atoms with van der Waals surface area (Å²) < 4.78 is 7.37. The third kappa shape index (κ3) is 2.61. The lowest BCUT2D eigenvalue weighted by Crippen LogP contribution is -2.31. The maximum Gasteiger partial charge on any atom is 0.161 e. The number of hydrazine groups is 1. The van der Waals surface area contributed by atoms with Gasteiger partial charge in [0, 0.05) is 6.04 Å². The van der Waals surface area contributed by atoms with Crippen LogP contribution in [0.3, 0.4) is 0 Å². The summed E-state index contributed by atoms with van der Waals surface area (Å²) in [5, 5.41) is 4.38. The summed E-state index contributed by atoms with van der Waals surface area (Å²) in [5.74, 6) is 7.31. The summed E-state index contributed by atoms with van der Waals surface area (Å²) in [4.78, 5) is 0. The molecule has 0 aromatic carbocycles. The van der Waals surface area contributed by atoms with E-state index >= 15 is 0 Å². The van der Waals surface area contributed by atoms with Crippen LogP contribution in [-0.4, -0.2) is 16.9 Å². The number of hydrogen-bond acceptors (Lipinski definition) is 4. The molecule has 5 heteroatoms. The van der Waals surface area contributed by atoms with Gasteiger partial charge in [-0.3, -0.25) is 16.0 Å². The molecule has 96 valence electrons. The highest BCUT2D eigenvalue weighted by Gasteiger charge is 2.30. The topological polar surface area (TPSA) is 65.1 Å². The molecule has 2 rings (SSSR count). The fourth-order valence-corrected chi connectivity index (χ4v) is 2.20. The van der Waals surface area contributed by atoms with E-state index in [1.807, 2.05) is 4.68 Å². The van der Waals surface area contributed by atoms with Crippen molar-refractivity contribution in [1.29, 1.82) is 0 Å². The zero-order chi connectivity index (χ0) is 12.4. The molecule has 1 unspecified atom stereocenters. The predicted molar refractivity (Wildman–Crippen MR) is 66.6 cm³/mol. The van der Waals surface area contributed by atoms with Crippen LogP contribution in [0.2, 0.25) is 0 Å². The zero-order valence-electron chi connectivity index (χ0n) is 10.8. The number of ether oxygens (including phenoxy) is 1. The van der Waals surface area contributed by atoms with Gasteiger partial charge in [0.15, 0.2) is 5.75 Å². The SMILES string of the molecule is COc1cnn(C(C)C)c1C(CC1CC1)NN. The van der Waals surface area contributed by atoms with Crippen LogP contribution >= 0.6 is 0 Å². The number of aromatic nitrogens is 2. The standard InChI is InChI=1S/C12H22N4O/c1-8(2)16-12(11(17-3)7-14-16)10(15-13)6-9-4-5-9/h7-10,15H,4-6,13H2,1-3H3. The van der Waals surface area contributed by atoms with Crippen molar-refractivity contribution >= 4 is 0 Å². The molecular formula is C12H22N4O. The molecule has 0 saturated heterocycles. The predicted octanol–water partition coefficient (Wildman–Crippen LogP) is 1.78. The van der Waals surface area contributed by atoms with Crippen LogP contribution in [0.15, 0.2) is 6.20 Å². The summed E-state index contributed by atoms with van der Waals surface area (Å²) in [6.07, 6.45) is 5.46. The van der Waals surface area contributed by atoms with Crippen LogP contribution in [0, 0.1) is 5.92 Å². The Hall–Kier alpha value is -1.07. The third-order valence-electron chi connectivity index (χ3n) is 3.30. The quantitative estimate of drug-likeness (QED) is 0.585.